The number of carbonyl (C=O) groups is 1. The zero-order valence-electron chi connectivity index (χ0n) is 8.81. The topological polar surface area (TPSA) is 68.0 Å². The summed E-state index contributed by atoms with van der Waals surface area (Å²) in [6, 6.07) is 0. The van der Waals surface area contributed by atoms with E-state index in [9.17, 15) is 4.79 Å². The SMILES string of the molecule is CC(Cc1nnn2c1CCCC2)C(=O)O. The Hall–Kier alpha value is -1.39. The van der Waals surface area contributed by atoms with Gasteiger partial charge in [0.25, 0.3) is 0 Å². The van der Waals surface area contributed by atoms with Gasteiger partial charge in [0.2, 0.25) is 0 Å². The summed E-state index contributed by atoms with van der Waals surface area (Å²) in [6.07, 6.45) is 3.77. The monoisotopic (exact) mass is 209 g/mol. The van der Waals surface area contributed by atoms with Crippen molar-refractivity contribution in [3.63, 3.8) is 0 Å². The molecule has 1 N–H and O–H groups in total. The summed E-state index contributed by atoms with van der Waals surface area (Å²) in [7, 11) is 0. The van der Waals surface area contributed by atoms with E-state index in [0.29, 0.717) is 6.42 Å². The predicted molar refractivity (Wildman–Crippen MR) is 53.5 cm³/mol. The van der Waals surface area contributed by atoms with Crippen LogP contribution in [-0.2, 0) is 24.2 Å². The van der Waals surface area contributed by atoms with Gasteiger partial charge in [-0.2, -0.15) is 0 Å². The van der Waals surface area contributed by atoms with E-state index in [2.05, 4.69) is 10.3 Å². The van der Waals surface area contributed by atoms with Crippen LogP contribution in [0.25, 0.3) is 0 Å². The average Bonchev–Trinajstić information content (AvgIpc) is 2.62. The first-order valence-corrected chi connectivity index (χ1v) is 5.32. The van der Waals surface area contributed by atoms with Crippen molar-refractivity contribution in [2.24, 2.45) is 5.92 Å². The zero-order chi connectivity index (χ0) is 10.8. The maximum absolute atomic E-state index is 10.7. The number of carboxylic acid groups (broad SMARTS) is 1. The van der Waals surface area contributed by atoms with Crippen LogP contribution in [-0.4, -0.2) is 26.1 Å². The Balaban J connectivity index is 2.15. The summed E-state index contributed by atoms with van der Waals surface area (Å²) in [5.74, 6) is -1.15. The van der Waals surface area contributed by atoms with Gasteiger partial charge in [0.15, 0.2) is 0 Å². The van der Waals surface area contributed by atoms with E-state index >= 15 is 0 Å². The molecular formula is C10H15N3O2. The molecule has 2 heterocycles. The van der Waals surface area contributed by atoms with E-state index in [1.165, 1.54) is 0 Å². The highest BCUT2D eigenvalue weighted by atomic mass is 16.4. The van der Waals surface area contributed by atoms with Gasteiger partial charge >= 0.3 is 5.97 Å². The minimum atomic E-state index is -0.771. The molecule has 1 aromatic heterocycles. The van der Waals surface area contributed by atoms with E-state index in [0.717, 1.165) is 37.2 Å². The Kier molecular flexibility index (Phi) is 2.70. The number of carboxylic acids is 1. The molecular weight excluding hydrogens is 194 g/mol. The number of aromatic nitrogens is 3. The molecule has 0 fully saturated rings. The quantitative estimate of drug-likeness (QED) is 0.802. The lowest BCUT2D eigenvalue weighted by molar-refractivity contribution is -0.141. The van der Waals surface area contributed by atoms with Crippen LogP contribution in [0.15, 0.2) is 0 Å². The molecule has 0 amide bonds. The average molecular weight is 209 g/mol. The van der Waals surface area contributed by atoms with E-state index < -0.39 is 5.97 Å². The molecule has 1 aliphatic heterocycles. The maximum Gasteiger partial charge on any atom is 0.306 e. The minimum absolute atomic E-state index is 0.381. The third kappa shape index (κ3) is 2.00. The molecule has 0 radical (unpaired) electrons. The second-order valence-electron chi connectivity index (χ2n) is 4.11. The number of rotatable bonds is 3. The summed E-state index contributed by atoms with van der Waals surface area (Å²) in [5.41, 5.74) is 2.00. The lowest BCUT2D eigenvalue weighted by Crippen LogP contribution is -2.16. The molecule has 0 aromatic carbocycles. The van der Waals surface area contributed by atoms with Crippen molar-refractivity contribution in [3.8, 4) is 0 Å². The second kappa shape index (κ2) is 4.00. The first-order valence-electron chi connectivity index (χ1n) is 5.32. The molecule has 1 aliphatic rings. The van der Waals surface area contributed by atoms with Gasteiger partial charge < -0.3 is 5.11 Å². The van der Waals surface area contributed by atoms with Crippen LogP contribution < -0.4 is 0 Å². The van der Waals surface area contributed by atoms with Crippen molar-refractivity contribution in [1.82, 2.24) is 15.0 Å². The number of hydrogen-bond acceptors (Lipinski definition) is 3. The molecule has 0 aliphatic carbocycles. The van der Waals surface area contributed by atoms with Crippen LogP contribution in [0.1, 0.15) is 31.2 Å². The molecule has 5 nitrogen and oxygen atoms in total. The molecule has 1 aromatic rings. The van der Waals surface area contributed by atoms with E-state index in [1.807, 2.05) is 4.68 Å². The minimum Gasteiger partial charge on any atom is -0.481 e. The van der Waals surface area contributed by atoms with Crippen molar-refractivity contribution in [2.75, 3.05) is 0 Å². The number of hydrogen-bond donors (Lipinski definition) is 1. The molecule has 5 heteroatoms. The first-order chi connectivity index (χ1) is 7.18. The number of nitrogens with zero attached hydrogens (tertiary/aromatic N) is 3. The lowest BCUT2D eigenvalue weighted by atomic mass is 10.0. The van der Waals surface area contributed by atoms with Crippen molar-refractivity contribution in [3.05, 3.63) is 11.4 Å². The number of aryl methyl sites for hydroxylation is 1. The molecule has 1 atom stereocenters. The van der Waals surface area contributed by atoms with Gasteiger partial charge in [-0.25, -0.2) is 4.68 Å². The Labute approximate surface area is 88.1 Å². The van der Waals surface area contributed by atoms with Crippen molar-refractivity contribution >= 4 is 5.97 Å². The van der Waals surface area contributed by atoms with Gasteiger partial charge in [0.05, 0.1) is 17.3 Å². The molecule has 2 rings (SSSR count). The molecule has 1 unspecified atom stereocenters. The van der Waals surface area contributed by atoms with Crippen LogP contribution >= 0.6 is 0 Å². The van der Waals surface area contributed by atoms with E-state index in [-0.39, 0.29) is 5.92 Å². The Bertz CT molecular complexity index is 373. The summed E-state index contributed by atoms with van der Waals surface area (Å²) >= 11 is 0. The fraction of sp³-hybridized carbons (Fsp3) is 0.700. The first kappa shape index (κ1) is 10.1. The Morgan fingerprint density at radius 2 is 2.40 bits per heavy atom. The maximum atomic E-state index is 10.7. The van der Waals surface area contributed by atoms with Crippen molar-refractivity contribution < 1.29 is 9.90 Å². The van der Waals surface area contributed by atoms with Crippen LogP contribution in [0.3, 0.4) is 0 Å². The highest BCUT2D eigenvalue weighted by molar-refractivity contribution is 5.69. The number of aliphatic carboxylic acids is 1. The van der Waals surface area contributed by atoms with E-state index in [1.54, 1.807) is 6.92 Å². The Morgan fingerprint density at radius 1 is 1.60 bits per heavy atom. The lowest BCUT2D eigenvalue weighted by Gasteiger charge is -2.13. The normalized spacial score (nSPS) is 17.1. The zero-order valence-corrected chi connectivity index (χ0v) is 8.81. The fourth-order valence-corrected chi connectivity index (χ4v) is 1.91. The smallest absolute Gasteiger partial charge is 0.306 e. The predicted octanol–water partition coefficient (Wildman–Crippen LogP) is 0.878. The summed E-state index contributed by atoms with van der Waals surface area (Å²) < 4.78 is 1.91. The van der Waals surface area contributed by atoms with Crippen molar-refractivity contribution in [1.29, 1.82) is 0 Å². The molecule has 0 spiro atoms. The van der Waals surface area contributed by atoms with Crippen LogP contribution in [0.4, 0.5) is 0 Å². The largest absolute Gasteiger partial charge is 0.481 e. The number of fused-ring (bicyclic) bond motifs is 1. The molecule has 0 bridgehead atoms. The summed E-state index contributed by atoms with van der Waals surface area (Å²) in [6.45, 7) is 2.63. The summed E-state index contributed by atoms with van der Waals surface area (Å²) in [4.78, 5) is 10.7. The van der Waals surface area contributed by atoms with Crippen LogP contribution in [0.2, 0.25) is 0 Å². The Morgan fingerprint density at radius 3 is 3.13 bits per heavy atom. The van der Waals surface area contributed by atoms with Gasteiger partial charge in [0, 0.05) is 13.0 Å². The van der Waals surface area contributed by atoms with Crippen LogP contribution in [0.5, 0.6) is 0 Å². The standard InChI is InChI=1S/C10H15N3O2/c1-7(10(14)15)6-8-9-4-2-3-5-13(9)12-11-8/h7H,2-6H2,1H3,(H,14,15). The second-order valence-corrected chi connectivity index (χ2v) is 4.11. The molecule has 0 saturated heterocycles. The van der Waals surface area contributed by atoms with Gasteiger partial charge in [-0.1, -0.05) is 12.1 Å². The van der Waals surface area contributed by atoms with Crippen LogP contribution in [0, 0.1) is 5.92 Å². The van der Waals surface area contributed by atoms with Gasteiger partial charge in [-0.15, -0.1) is 5.10 Å². The highest BCUT2D eigenvalue weighted by Crippen LogP contribution is 2.18. The third-order valence-corrected chi connectivity index (χ3v) is 2.87. The summed E-state index contributed by atoms with van der Waals surface area (Å²) in [5, 5.41) is 16.9. The van der Waals surface area contributed by atoms with Gasteiger partial charge in [-0.3, -0.25) is 4.79 Å². The molecule has 0 saturated carbocycles. The van der Waals surface area contributed by atoms with Gasteiger partial charge in [-0.05, 0) is 19.3 Å². The molecule has 15 heavy (non-hydrogen) atoms. The van der Waals surface area contributed by atoms with E-state index in [4.69, 9.17) is 5.11 Å². The third-order valence-electron chi connectivity index (χ3n) is 2.87. The van der Waals surface area contributed by atoms with Crippen molar-refractivity contribution in [2.45, 2.75) is 39.2 Å². The fourth-order valence-electron chi connectivity index (χ4n) is 1.91. The highest BCUT2D eigenvalue weighted by Gasteiger charge is 2.20. The molecule has 82 valence electrons. The van der Waals surface area contributed by atoms with Gasteiger partial charge in [0.1, 0.15) is 0 Å².